The van der Waals surface area contributed by atoms with Crippen molar-refractivity contribution in [2.24, 2.45) is 5.92 Å². The van der Waals surface area contributed by atoms with Gasteiger partial charge in [0.2, 0.25) is 0 Å². The second-order valence-electron chi connectivity index (χ2n) is 5.38. The molecule has 0 aromatic carbocycles. The van der Waals surface area contributed by atoms with Crippen LogP contribution in [0.5, 0.6) is 0 Å². The van der Waals surface area contributed by atoms with E-state index in [-0.39, 0.29) is 5.54 Å². The van der Waals surface area contributed by atoms with Crippen LogP contribution in [-0.4, -0.2) is 11.5 Å². The Hall–Kier alpha value is -0.410. The molecule has 1 aliphatic rings. The van der Waals surface area contributed by atoms with E-state index in [4.69, 9.17) is 0 Å². The number of rotatable bonds is 4. The molecule has 1 saturated carbocycles. The third-order valence-electron chi connectivity index (χ3n) is 3.92. The van der Waals surface area contributed by atoms with Crippen LogP contribution in [0.1, 0.15) is 57.4 Å². The van der Waals surface area contributed by atoms with Crippen molar-refractivity contribution in [3.8, 4) is 0 Å². The summed E-state index contributed by atoms with van der Waals surface area (Å²) in [6.07, 6.45) is 9.69. The molecule has 1 aromatic rings. The summed E-state index contributed by atoms with van der Waals surface area (Å²) in [7, 11) is 0. The summed E-state index contributed by atoms with van der Waals surface area (Å²) in [5.74, 6) is 0.875. The molecule has 2 unspecified atom stereocenters. The van der Waals surface area contributed by atoms with Gasteiger partial charge in [0.1, 0.15) is 5.01 Å². The Bertz CT molecular complexity index is 319. The van der Waals surface area contributed by atoms with Crippen LogP contribution < -0.4 is 5.32 Å². The largest absolute Gasteiger partial charge is 0.305 e. The van der Waals surface area contributed by atoms with E-state index in [9.17, 15) is 0 Å². The predicted molar refractivity (Wildman–Crippen MR) is 74.3 cm³/mol. The highest BCUT2D eigenvalue weighted by Crippen LogP contribution is 2.38. The van der Waals surface area contributed by atoms with Crippen molar-refractivity contribution in [3.63, 3.8) is 0 Å². The predicted octanol–water partition coefficient (Wildman–Crippen LogP) is 3.94. The number of hydrogen-bond acceptors (Lipinski definition) is 3. The first-order chi connectivity index (χ1) is 8.27. The molecule has 1 N–H and O–H groups in total. The van der Waals surface area contributed by atoms with Crippen LogP contribution in [0, 0.1) is 5.92 Å². The standard InChI is InChI=1S/C14H24N2S/c1-3-9-16-14(13-15-10-11-17-13)7-4-5-12(2)6-8-14/h10-12,16H,3-9H2,1-2H3. The summed E-state index contributed by atoms with van der Waals surface area (Å²) in [5, 5.41) is 7.21. The maximum atomic E-state index is 4.59. The van der Waals surface area contributed by atoms with Crippen molar-refractivity contribution in [3.05, 3.63) is 16.6 Å². The molecule has 17 heavy (non-hydrogen) atoms. The lowest BCUT2D eigenvalue weighted by Crippen LogP contribution is -2.42. The van der Waals surface area contributed by atoms with Crippen LogP contribution in [0.4, 0.5) is 0 Å². The number of thiazole rings is 1. The van der Waals surface area contributed by atoms with Gasteiger partial charge < -0.3 is 5.32 Å². The second-order valence-corrected chi connectivity index (χ2v) is 6.28. The van der Waals surface area contributed by atoms with E-state index in [0.29, 0.717) is 0 Å². The summed E-state index contributed by atoms with van der Waals surface area (Å²) in [6, 6.07) is 0. The Morgan fingerprint density at radius 2 is 2.35 bits per heavy atom. The van der Waals surface area contributed by atoms with Crippen molar-refractivity contribution in [1.82, 2.24) is 10.3 Å². The monoisotopic (exact) mass is 252 g/mol. The van der Waals surface area contributed by atoms with Gasteiger partial charge in [-0.25, -0.2) is 4.98 Å². The fraction of sp³-hybridized carbons (Fsp3) is 0.786. The van der Waals surface area contributed by atoms with E-state index in [1.807, 2.05) is 17.5 Å². The third kappa shape index (κ3) is 3.08. The van der Waals surface area contributed by atoms with Crippen LogP contribution in [0.2, 0.25) is 0 Å². The lowest BCUT2D eigenvalue weighted by molar-refractivity contribution is 0.286. The highest BCUT2D eigenvalue weighted by molar-refractivity contribution is 7.09. The molecule has 1 aliphatic carbocycles. The van der Waals surface area contributed by atoms with Crippen molar-refractivity contribution in [2.45, 2.75) is 57.9 Å². The topological polar surface area (TPSA) is 24.9 Å². The zero-order valence-corrected chi connectivity index (χ0v) is 11.9. The Balaban J connectivity index is 2.17. The average Bonchev–Trinajstić information content (AvgIpc) is 2.80. The smallest absolute Gasteiger partial charge is 0.113 e. The Morgan fingerprint density at radius 1 is 1.47 bits per heavy atom. The number of nitrogens with zero attached hydrogens (tertiary/aromatic N) is 1. The Morgan fingerprint density at radius 3 is 3.06 bits per heavy atom. The molecular formula is C14H24N2S. The lowest BCUT2D eigenvalue weighted by atomic mass is 9.90. The minimum absolute atomic E-state index is 0.176. The van der Waals surface area contributed by atoms with E-state index in [1.54, 1.807) is 0 Å². The highest BCUT2D eigenvalue weighted by atomic mass is 32.1. The molecule has 0 spiro atoms. The highest BCUT2D eigenvalue weighted by Gasteiger charge is 2.35. The summed E-state index contributed by atoms with van der Waals surface area (Å²) in [6.45, 7) is 5.73. The van der Waals surface area contributed by atoms with Crippen molar-refractivity contribution >= 4 is 11.3 Å². The van der Waals surface area contributed by atoms with E-state index in [2.05, 4.69) is 29.5 Å². The number of hydrogen-bond donors (Lipinski definition) is 1. The Labute approximate surface area is 109 Å². The van der Waals surface area contributed by atoms with E-state index < -0.39 is 0 Å². The Kier molecular flexibility index (Phi) is 4.57. The van der Waals surface area contributed by atoms with Gasteiger partial charge in [0, 0.05) is 11.6 Å². The molecule has 2 nitrogen and oxygen atoms in total. The maximum Gasteiger partial charge on any atom is 0.113 e. The second kappa shape index (κ2) is 5.96. The fourth-order valence-corrected chi connectivity index (χ4v) is 3.68. The van der Waals surface area contributed by atoms with Gasteiger partial charge in [-0.1, -0.05) is 26.7 Å². The molecule has 1 fully saturated rings. The molecule has 0 amide bonds. The molecule has 0 radical (unpaired) electrons. The lowest BCUT2D eigenvalue weighted by Gasteiger charge is -2.32. The molecule has 2 atom stereocenters. The molecular weight excluding hydrogens is 228 g/mol. The molecule has 1 aromatic heterocycles. The summed E-state index contributed by atoms with van der Waals surface area (Å²) in [5.41, 5.74) is 0.176. The van der Waals surface area contributed by atoms with E-state index in [0.717, 1.165) is 12.5 Å². The van der Waals surface area contributed by atoms with Gasteiger partial charge in [-0.15, -0.1) is 11.3 Å². The molecule has 2 rings (SSSR count). The molecule has 0 saturated heterocycles. The molecule has 0 bridgehead atoms. The zero-order chi connectivity index (χ0) is 12.1. The minimum atomic E-state index is 0.176. The number of nitrogens with one attached hydrogen (secondary N) is 1. The van der Waals surface area contributed by atoms with Gasteiger partial charge in [0.25, 0.3) is 0 Å². The van der Waals surface area contributed by atoms with Gasteiger partial charge in [-0.05, 0) is 38.1 Å². The fourth-order valence-electron chi connectivity index (χ4n) is 2.80. The molecule has 0 aliphatic heterocycles. The normalized spacial score (nSPS) is 30.1. The van der Waals surface area contributed by atoms with E-state index in [1.165, 1.54) is 43.5 Å². The molecule has 96 valence electrons. The van der Waals surface area contributed by atoms with Crippen molar-refractivity contribution in [2.75, 3.05) is 6.54 Å². The van der Waals surface area contributed by atoms with Gasteiger partial charge in [-0.2, -0.15) is 0 Å². The maximum absolute atomic E-state index is 4.59. The van der Waals surface area contributed by atoms with Crippen molar-refractivity contribution in [1.29, 1.82) is 0 Å². The van der Waals surface area contributed by atoms with Gasteiger partial charge in [0.15, 0.2) is 0 Å². The first kappa shape index (κ1) is 13.0. The summed E-state index contributed by atoms with van der Waals surface area (Å²) >= 11 is 1.82. The SMILES string of the molecule is CCCNC1(c2nccs2)CCCC(C)CC1. The number of aromatic nitrogens is 1. The quantitative estimate of drug-likeness (QED) is 0.821. The zero-order valence-electron chi connectivity index (χ0n) is 11.0. The first-order valence-corrected chi connectivity index (χ1v) is 7.80. The third-order valence-corrected chi connectivity index (χ3v) is 4.90. The van der Waals surface area contributed by atoms with Crippen LogP contribution in [-0.2, 0) is 5.54 Å². The van der Waals surface area contributed by atoms with Crippen molar-refractivity contribution < 1.29 is 0 Å². The van der Waals surface area contributed by atoms with Crippen LogP contribution in [0.3, 0.4) is 0 Å². The minimum Gasteiger partial charge on any atom is -0.305 e. The van der Waals surface area contributed by atoms with Crippen LogP contribution in [0.25, 0.3) is 0 Å². The first-order valence-electron chi connectivity index (χ1n) is 6.92. The van der Waals surface area contributed by atoms with Gasteiger partial charge in [0.05, 0.1) is 5.54 Å². The summed E-state index contributed by atoms with van der Waals surface area (Å²) < 4.78 is 0. The molecule has 1 heterocycles. The average molecular weight is 252 g/mol. The van der Waals surface area contributed by atoms with Crippen LogP contribution >= 0.6 is 11.3 Å². The molecule has 3 heteroatoms. The van der Waals surface area contributed by atoms with Gasteiger partial charge in [-0.3, -0.25) is 0 Å². The summed E-state index contributed by atoms with van der Waals surface area (Å²) in [4.78, 5) is 4.59. The van der Waals surface area contributed by atoms with Gasteiger partial charge >= 0.3 is 0 Å². The van der Waals surface area contributed by atoms with Crippen LogP contribution in [0.15, 0.2) is 11.6 Å². The van der Waals surface area contributed by atoms with E-state index >= 15 is 0 Å².